The van der Waals surface area contributed by atoms with Crippen LogP contribution in [0, 0.1) is 5.82 Å². The summed E-state index contributed by atoms with van der Waals surface area (Å²) in [5.41, 5.74) is 0.806. The molecule has 17 heavy (non-hydrogen) atoms. The van der Waals surface area contributed by atoms with Gasteiger partial charge in [-0.05, 0) is 23.8 Å². The second-order valence-electron chi connectivity index (χ2n) is 3.56. The lowest BCUT2D eigenvalue weighted by Crippen LogP contribution is -2.14. The predicted molar refractivity (Wildman–Crippen MR) is 70.3 cm³/mol. The van der Waals surface area contributed by atoms with Gasteiger partial charge in [-0.25, -0.2) is 4.39 Å². The van der Waals surface area contributed by atoms with E-state index < -0.39 is 10.2 Å². The summed E-state index contributed by atoms with van der Waals surface area (Å²) in [5.74, 6) is -0.438. The molecule has 0 radical (unpaired) electrons. The SMILES string of the molecule is Fc1ccccc1C(Cl)(Cl)c1ccc(Cl)cc1. The van der Waals surface area contributed by atoms with Gasteiger partial charge in [0.15, 0.2) is 4.33 Å². The van der Waals surface area contributed by atoms with E-state index in [2.05, 4.69) is 0 Å². The van der Waals surface area contributed by atoms with Crippen molar-refractivity contribution in [2.45, 2.75) is 4.33 Å². The molecule has 0 aliphatic heterocycles. The Morgan fingerprint density at radius 3 is 2.06 bits per heavy atom. The van der Waals surface area contributed by atoms with E-state index in [0.29, 0.717) is 10.6 Å². The van der Waals surface area contributed by atoms with Gasteiger partial charge in [0, 0.05) is 10.6 Å². The van der Waals surface area contributed by atoms with E-state index in [1.807, 2.05) is 0 Å². The van der Waals surface area contributed by atoms with Gasteiger partial charge in [0.1, 0.15) is 5.82 Å². The summed E-state index contributed by atoms with van der Waals surface area (Å²) in [6.45, 7) is 0. The van der Waals surface area contributed by atoms with Crippen molar-refractivity contribution in [3.8, 4) is 0 Å². The molecule has 0 spiro atoms. The van der Waals surface area contributed by atoms with Crippen molar-refractivity contribution in [1.29, 1.82) is 0 Å². The highest BCUT2D eigenvalue weighted by Gasteiger charge is 2.31. The van der Waals surface area contributed by atoms with Crippen LogP contribution < -0.4 is 0 Å². The standard InChI is InChI=1S/C13H8Cl3F/c14-10-7-5-9(6-8-10)13(15,16)11-3-1-2-4-12(11)17/h1-8H. The van der Waals surface area contributed by atoms with Crippen molar-refractivity contribution >= 4 is 34.8 Å². The highest BCUT2D eigenvalue weighted by Crippen LogP contribution is 2.42. The molecule has 0 saturated carbocycles. The van der Waals surface area contributed by atoms with Crippen LogP contribution in [0.15, 0.2) is 48.5 Å². The van der Waals surface area contributed by atoms with Crippen molar-refractivity contribution in [2.24, 2.45) is 0 Å². The Morgan fingerprint density at radius 1 is 0.882 bits per heavy atom. The van der Waals surface area contributed by atoms with Crippen LogP contribution in [-0.4, -0.2) is 0 Å². The molecule has 0 unspecified atom stereocenters. The normalized spacial score (nSPS) is 11.5. The minimum absolute atomic E-state index is 0.227. The maximum Gasteiger partial charge on any atom is 0.170 e. The minimum Gasteiger partial charge on any atom is -0.207 e. The van der Waals surface area contributed by atoms with Crippen LogP contribution in [0.3, 0.4) is 0 Å². The second-order valence-corrected chi connectivity index (χ2v) is 5.32. The molecule has 0 bridgehead atoms. The van der Waals surface area contributed by atoms with E-state index in [-0.39, 0.29) is 5.56 Å². The van der Waals surface area contributed by atoms with E-state index in [1.165, 1.54) is 6.07 Å². The van der Waals surface area contributed by atoms with Crippen LogP contribution >= 0.6 is 34.8 Å². The van der Waals surface area contributed by atoms with Crippen molar-refractivity contribution < 1.29 is 4.39 Å². The lowest BCUT2D eigenvalue weighted by Gasteiger charge is -2.21. The van der Waals surface area contributed by atoms with Crippen LogP contribution in [-0.2, 0) is 4.33 Å². The summed E-state index contributed by atoms with van der Waals surface area (Å²) in [5, 5.41) is 0.575. The molecule has 0 aliphatic carbocycles. The van der Waals surface area contributed by atoms with Gasteiger partial charge in [-0.15, -0.1) is 0 Å². The Morgan fingerprint density at radius 2 is 1.47 bits per heavy atom. The third-order valence-corrected chi connectivity index (χ3v) is 3.51. The van der Waals surface area contributed by atoms with E-state index in [0.717, 1.165) is 0 Å². The zero-order chi connectivity index (χ0) is 12.5. The number of hydrogen-bond acceptors (Lipinski definition) is 0. The van der Waals surface area contributed by atoms with Gasteiger partial charge >= 0.3 is 0 Å². The monoisotopic (exact) mass is 288 g/mol. The zero-order valence-electron chi connectivity index (χ0n) is 8.63. The third-order valence-electron chi connectivity index (χ3n) is 2.42. The first-order valence-electron chi connectivity index (χ1n) is 4.90. The van der Waals surface area contributed by atoms with Crippen LogP contribution in [0.1, 0.15) is 11.1 Å². The number of halogens is 4. The number of alkyl halides is 2. The molecule has 2 rings (SSSR count). The maximum absolute atomic E-state index is 13.7. The molecule has 2 aromatic rings. The summed E-state index contributed by atoms with van der Waals surface area (Å²) >= 11 is 18.2. The molecule has 0 fully saturated rings. The molecular weight excluding hydrogens is 282 g/mol. The van der Waals surface area contributed by atoms with Gasteiger partial charge in [-0.1, -0.05) is 65.1 Å². The maximum atomic E-state index is 13.7. The number of hydrogen-bond donors (Lipinski definition) is 0. The lowest BCUT2D eigenvalue weighted by atomic mass is 10.0. The van der Waals surface area contributed by atoms with Crippen LogP contribution in [0.4, 0.5) is 4.39 Å². The lowest BCUT2D eigenvalue weighted by molar-refractivity contribution is 0.608. The number of benzene rings is 2. The molecule has 88 valence electrons. The van der Waals surface area contributed by atoms with Gasteiger partial charge in [0.2, 0.25) is 0 Å². The third kappa shape index (κ3) is 2.57. The Bertz CT molecular complexity index is 520. The van der Waals surface area contributed by atoms with Gasteiger partial charge in [-0.2, -0.15) is 0 Å². The average Bonchev–Trinajstić information content (AvgIpc) is 2.30. The summed E-state index contributed by atoms with van der Waals surface area (Å²) in [7, 11) is 0. The highest BCUT2D eigenvalue weighted by molar-refractivity contribution is 6.50. The molecule has 0 heterocycles. The first-order chi connectivity index (χ1) is 8.01. The Hall–Kier alpha value is -0.760. The first-order valence-corrected chi connectivity index (χ1v) is 6.04. The molecule has 4 heteroatoms. The molecule has 2 aromatic carbocycles. The van der Waals surface area contributed by atoms with Crippen molar-refractivity contribution in [2.75, 3.05) is 0 Å². The molecule has 0 amide bonds. The fourth-order valence-corrected chi connectivity index (χ4v) is 2.22. The van der Waals surface area contributed by atoms with Crippen molar-refractivity contribution in [3.63, 3.8) is 0 Å². The molecule has 0 nitrogen and oxygen atoms in total. The molecule has 0 aromatic heterocycles. The fraction of sp³-hybridized carbons (Fsp3) is 0.0769. The topological polar surface area (TPSA) is 0 Å². The first kappa shape index (κ1) is 12.7. The predicted octanol–water partition coefficient (Wildman–Crippen LogP) is 5.16. The molecule has 0 saturated heterocycles. The van der Waals surface area contributed by atoms with E-state index in [9.17, 15) is 4.39 Å². The Kier molecular flexibility index (Phi) is 3.62. The Labute approximate surface area is 114 Å². The Balaban J connectivity index is 2.49. The highest BCUT2D eigenvalue weighted by atomic mass is 35.5. The minimum atomic E-state index is -1.42. The summed E-state index contributed by atoms with van der Waals surface area (Å²) in [4.78, 5) is 0. The van der Waals surface area contributed by atoms with E-state index >= 15 is 0 Å². The zero-order valence-corrected chi connectivity index (χ0v) is 10.9. The molecule has 0 aliphatic rings. The molecule has 0 N–H and O–H groups in total. The number of rotatable bonds is 2. The fourth-order valence-electron chi connectivity index (χ4n) is 1.53. The van der Waals surface area contributed by atoms with Crippen LogP contribution in [0.2, 0.25) is 5.02 Å². The average molecular weight is 290 g/mol. The van der Waals surface area contributed by atoms with Gasteiger partial charge in [0.25, 0.3) is 0 Å². The van der Waals surface area contributed by atoms with Crippen LogP contribution in [0.25, 0.3) is 0 Å². The molecule has 0 atom stereocenters. The van der Waals surface area contributed by atoms with E-state index in [4.69, 9.17) is 34.8 Å². The van der Waals surface area contributed by atoms with Gasteiger partial charge in [-0.3, -0.25) is 0 Å². The largest absolute Gasteiger partial charge is 0.207 e. The summed E-state index contributed by atoms with van der Waals surface area (Å²) < 4.78 is 12.2. The van der Waals surface area contributed by atoms with Crippen molar-refractivity contribution in [1.82, 2.24) is 0 Å². The van der Waals surface area contributed by atoms with Gasteiger partial charge < -0.3 is 0 Å². The summed E-state index contributed by atoms with van der Waals surface area (Å²) in [6.07, 6.45) is 0. The van der Waals surface area contributed by atoms with Crippen LogP contribution in [0.5, 0.6) is 0 Å². The quantitative estimate of drug-likeness (QED) is 0.670. The summed E-state index contributed by atoms with van der Waals surface area (Å²) in [6, 6.07) is 12.8. The molecular formula is C13H8Cl3F. The van der Waals surface area contributed by atoms with E-state index in [1.54, 1.807) is 42.5 Å². The smallest absolute Gasteiger partial charge is 0.170 e. The second kappa shape index (κ2) is 4.85. The van der Waals surface area contributed by atoms with Crippen molar-refractivity contribution in [3.05, 3.63) is 70.5 Å². The van der Waals surface area contributed by atoms with Gasteiger partial charge in [0.05, 0.1) is 0 Å².